The van der Waals surface area contributed by atoms with Crippen LogP contribution in [0.1, 0.15) is 11.1 Å². The van der Waals surface area contributed by atoms with Gasteiger partial charge < -0.3 is 15.2 Å². The number of carbonyl (C=O) groups excluding carboxylic acids is 1. The third-order valence-corrected chi connectivity index (χ3v) is 3.83. The van der Waals surface area contributed by atoms with Crippen LogP contribution in [0.15, 0.2) is 60.7 Å². The first kappa shape index (κ1) is 18.7. The number of ether oxygens (including phenoxy) is 1. The molecule has 2 N–H and O–H groups in total. The largest absolute Gasteiger partial charge is 0.481 e. The highest BCUT2D eigenvalue weighted by atomic mass is 16.5. The van der Waals surface area contributed by atoms with Crippen LogP contribution in [0.3, 0.4) is 0 Å². The maximum atomic E-state index is 11.8. The Labute approximate surface area is 147 Å². The summed E-state index contributed by atoms with van der Waals surface area (Å²) >= 11 is 0. The zero-order valence-electron chi connectivity index (χ0n) is 14.1. The van der Waals surface area contributed by atoms with Crippen LogP contribution in [0.2, 0.25) is 0 Å². The van der Waals surface area contributed by atoms with E-state index in [1.54, 1.807) is 0 Å². The molecule has 0 aromatic heterocycles. The minimum atomic E-state index is -0.922. The van der Waals surface area contributed by atoms with E-state index in [2.05, 4.69) is 5.32 Å². The number of aliphatic carboxylic acids is 1. The molecule has 0 aliphatic carbocycles. The second-order valence-electron chi connectivity index (χ2n) is 5.82. The molecule has 0 saturated heterocycles. The Hall–Kier alpha value is -2.66. The molecule has 1 atom stereocenters. The van der Waals surface area contributed by atoms with E-state index < -0.39 is 11.9 Å². The van der Waals surface area contributed by atoms with E-state index in [4.69, 9.17) is 4.74 Å². The molecule has 2 rings (SSSR count). The van der Waals surface area contributed by atoms with E-state index in [-0.39, 0.29) is 19.1 Å². The van der Waals surface area contributed by atoms with Gasteiger partial charge in [-0.2, -0.15) is 0 Å². The smallest absolute Gasteiger partial charge is 0.308 e. The van der Waals surface area contributed by atoms with Crippen molar-refractivity contribution in [3.8, 4) is 0 Å². The quantitative estimate of drug-likeness (QED) is 0.650. The molecule has 0 radical (unpaired) electrons. The topological polar surface area (TPSA) is 75.6 Å². The first-order valence-electron chi connectivity index (χ1n) is 8.30. The minimum Gasteiger partial charge on any atom is -0.481 e. The highest BCUT2D eigenvalue weighted by Crippen LogP contribution is 2.08. The molecule has 0 fully saturated rings. The first-order valence-corrected chi connectivity index (χ1v) is 8.30. The molecule has 0 spiro atoms. The van der Waals surface area contributed by atoms with Crippen LogP contribution in [0, 0.1) is 5.92 Å². The Morgan fingerprint density at radius 2 is 1.56 bits per heavy atom. The molecule has 0 bridgehead atoms. The molecule has 0 aliphatic rings. The molecule has 25 heavy (non-hydrogen) atoms. The van der Waals surface area contributed by atoms with E-state index in [1.165, 1.54) is 0 Å². The lowest BCUT2D eigenvalue weighted by molar-refractivity contribution is -0.141. The molecule has 132 valence electrons. The van der Waals surface area contributed by atoms with Crippen molar-refractivity contribution in [3.05, 3.63) is 71.8 Å². The standard InChI is InChI=1S/C20H23NO4/c22-19(15-25-12-11-16-7-3-1-4-8-16)21-14-18(20(23)24)13-17-9-5-2-6-10-17/h1-10,18H,11-15H2,(H,21,22)(H,23,24). The predicted molar refractivity (Wildman–Crippen MR) is 95.2 cm³/mol. The molecule has 2 aromatic carbocycles. The number of carbonyl (C=O) groups is 2. The summed E-state index contributed by atoms with van der Waals surface area (Å²) in [5.74, 6) is -1.88. The van der Waals surface area contributed by atoms with Gasteiger partial charge in [0.25, 0.3) is 0 Å². The predicted octanol–water partition coefficient (Wildman–Crippen LogP) is 2.31. The number of hydrogen-bond acceptors (Lipinski definition) is 3. The third kappa shape index (κ3) is 7.18. The molecule has 0 heterocycles. The van der Waals surface area contributed by atoms with Gasteiger partial charge in [0.05, 0.1) is 12.5 Å². The summed E-state index contributed by atoms with van der Waals surface area (Å²) in [4.78, 5) is 23.2. The molecule has 5 heteroatoms. The number of rotatable bonds is 10. The van der Waals surface area contributed by atoms with Gasteiger partial charge in [-0.25, -0.2) is 0 Å². The van der Waals surface area contributed by atoms with Crippen molar-refractivity contribution in [1.29, 1.82) is 0 Å². The SMILES string of the molecule is O=C(COCCc1ccccc1)NCC(Cc1ccccc1)C(=O)O. The lowest BCUT2D eigenvalue weighted by atomic mass is 9.99. The zero-order valence-corrected chi connectivity index (χ0v) is 14.1. The highest BCUT2D eigenvalue weighted by molar-refractivity contribution is 5.78. The normalized spacial score (nSPS) is 11.7. The molecule has 0 aliphatic heterocycles. The van der Waals surface area contributed by atoms with Crippen LogP contribution < -0.4 is 5.32 Å². The van der Waals surface area contributed by atoms with Gasteiger partial charge in [0, 0.05) is 6.54 Å². The van der Waals surface area contributed by atoms with Gasteiger partial charge in [-0.15, -0.1) is 0 Å². The fourth-order valence-corrected chi connectivity index (χ4v) is 2.43. The lowest BCUT2D eigenvalue weighted by Gasteiger charge is -2.13. The van der Waals surface area contributed by atoms with Crippen LogP contribution >= 0.6 is 0 Å². The summed E-state index contributed by atoms with van der Waals surface area (Å²) in [5, 5.41) is 11.9. The maximum absolute atomic E-state index is 11.8. The summed E-state index contributed by atoms with van der Waals surface area (Å²) in [6.07, 6.45) is 1.12. The van der Waals surface area contributed by atoms with Crippen LogP contribution in [-0.4, -0.2) is 36.7 Å². The van der Waals surface area contributed by atoms with E-state index in [1.807, 2.05) is 60.7 Å². The summed E-state index contributed by atoms with van der Waals surface area (Å²) in [5.41, 5.74) is 2.08. The maximum Gasteiger partial charge on any atom is 0.308 e. The monoisotopic (exact) mass is 341 g/mol. The fourth-order valence-electron chi connectivity index (χ4n) is 2.43. The van der Waals surface area contributed by atoms with Crippen molar-refractivity contribution in [2.75, 3.05) is 19.8 Å². The van der Waals surface area contributed by atoms with Gasteiger partial charge in [-0.3, -0.25) is 9.59 Å². The summed E-state index contributed by atoms with van der Waals surface area (Å²) in [7, 11) is 0. The Kier molecular flexibility index (Phi) is 7.66. The molecule has 1 amide bonds. The Morgan fingerprint density at radius 1 is 0.960 bits per heavy atom. The van der Waals surface area contributed by atoms with Crippen LogP contribution in [0.5, 0.6) is 0 Å². The van der Waals surface area contributed by atoms with Gasteiger partial charge in [-0.1, -0.05) is 60.7 Å². The van der Waals surface area contributed by atoms with Crippen LogP contribution in [0.25, 0.3) is 0 Å². The number of hydrogen-bond donors (Lipinski definition) is 2. The molecular weight excluding hydrogens is 318 g/mol. The number of carboxylic acids is 1. The number of amides is 1. The second-order valence-corrected chi connectivity index (χ2v) is 5.82. The number of carboxylic acid groups (broad SMARTS) is 1. The number of benzene rings is 2. The van der Waals surface area contributed by atoms with Crippen molar-refractivity contribution in [2.45, 2.75) is 12.8 Å². The molecule has 0 saturated carbocycles. The van der Waals surface area contributed by atoms with Gasteiger partial charge >= 0.3 is 5.97 Å². The van der Waals surface area contributed by atoms with Crippen molar-refractivity contribution < 1.29 is 19.4 Å². The Bertz CT molecular complexity index is 658. The fraction of sp³-hybridized carbons (Fsp3) is 0.300. The lowest BCUT2D eigenvalue weighted by Crippen LogP contribution is -2.36. The summed E-state index contributed by atoms with van der Waals surface area (Å²) in [6, 6.07) is 19.3. The molecule has 1 unspecified atom stereocenters. The minimum absolute atomic E-state index is 0.0650. The third-order valence-electron chi connectivity index (χ3n) is 3.83. The van der Waals surface area contributed by atoms with Crippen LogP contribution in [0.4, 0.5) is 0 Å². The van der Waals surface area contributed by atoms with Crippen LogP contribution in [-0.2, 0) is 27.2 Å². The molecule has 2 aromatic rings. The summed E-state index contributed by atoms with van der Waals surface area (Å²) < 4.78 is 5.35. The Balaban J connectivity index is 1.67. The molecule has 5 nitrogen and oxygen atoms in total. The number of nitrogens with one attached hydrogen (secondary N) is 1. The van der Waals surface area contributed by atoms with Crippen molar-refractivity contribution >= 4 is 11.9 Å². The highest BCUT2D eigenvalue weighted by Gasteiger charge is 2.18. The second kappa shape index (κ2) is 10.3. The average Bonchev–Trinajstić information content (AvgIpc) is 2.63. The zero-order chi connectivity index (χ0) is 17.9. The van der Waals surface area contributed by atoms with Gasteiger partial charge in [0.1, 0.15) is 6.61 Å². The van der Waals surface area contributed by atoms with Gasteiger partial charge in [-0.05, 0) is 24.0 Å². The Morgan fingerprint density at radius 3 is 2.16 bits per heavy atom. The van der Waals surface area contributed by atoms with Crippen molar-refractivity contribution in [2.24, 2.45) is 5.92 Å². The first-order chi connectivity index (χ1) is 12.1. The molecular formula is C20H23NO4. The van der Waals surface area contributed by atoms with E-state index >= 15 is 0 Å². The van der Waals surface area contributed by atoms with Gasteiger partial charge in [0.15, 0.2) is 0 Å². The van der Waals surface area contributed by atoms with Crippen molar-refractivity contribution in [3.63, 3.8) is 0 Å². The van der Waals surface area contributed by atoms with E-state index in [0.717, 1.165) is 17.5 Å². The van der Waals surface area contributed by atoms with Crippen molar-refractivity contribution in [1.82, 2.24) is 5.32 Å². The van der Waals surface area contributed by atoms with E-state index in [0.29, 0.717) is 13.0 Å². The van der Waals surface area contributed by atoms with E-state index in [9.17, 15) is 14.7 Å². The average molecular weight is 341 g/mol. The summed E-state index contributed by atoms with van der Waals surface area (Å²) in [6.45, 7) is 0.472. The van der Waals surface area contributed by atoms with Gasteiger partial charge in [0.2, 0.25) is 5.91 Å².